The number of hydrogen-bond acceptors (Lipinski definition) is 11. The molecule has 3 aromatic rings. The molecule has 1 heterocycles. The molecule has 13 nitrogen and oxygen atoms in total. The van der Waals surface area contributed by atoms with E-state index in [-0.39, 0.29) is 28.9 Å². The summed E-state index contributed by atoms with van der Waals surface area (Å²) in [6.45, 7) is 3.69. The van der Waals surface area contributed by atoms with Crippen LogP contribution in [0, 0.1) is 34.1 Å². The smallest absolute Gasteiger partial charge is 0.318 e. The molecule has 0 atom stereocenters. The highest BCUT2D eigenvalue weighted by molar-refractivity contribution is 9.10. The number of aryl methyl sites for hydroxylation is 2. The van der Waals surface area contributed by atoms with Crippen molar-refractivity contribution >= 4 is 51.2 Å². The summed E-state index contributed by atoms with van der Waals surface area (Å²) >= 11 is 4.51. The van der Waals surface area contributed by atoms with Crippen molar-refractivity contribution in [2.45, 2.75) is 19.0 Å². The van der Waals surface area contributed by atoms with Gasteiger partial charge < -0.3 is 9.47 Å². The van der Waals surface area contributed by atoms with Crippen LogP contribution >= 0.6 is 27.7 Å². The molecule has 0 saturated carbocycles. The number of halogens is 1. The number of methoxy groups -OCH3 is 1. The van der Waals surface area contributed by atoms with Crippen LogP contribution in [0.25, 0.3) is 0 Å². The summed E-state index contributed by atoms with van der Waals surface area (Å²) in [7, 11) is 1.37. The fourth-order valence-electron chi connectivity index (χ4n) is 2.97. The standard InChI is InChI=1S/C22H19BrN6O7S/c1-12-6-13(2)26-22(25-12)37-11-20(30)27-24-10-14-7-16(23)21(19(8-14)35-3)36-18-5-4-15(28(31)32)9-17(18)29(33)34/h4-10H,11H2,1-3H3,(H,27,30)/b24-10+. The minimum Gasteiger partial charge on any atom is -0.493 e. The molecule has 0 saturated heterocycles. The molecule has 1 amide bonds. The van der Waals surface area contributed by atoms with Crippen LogP contribution < -0.4 is 14.9 Å². The second kappa shape index (κ2) is 12.2. The zero-order chi connectivity index (χ0) is 27.1. The molecule has 0 unspecified atom stereocenters. The number of nitrogens with one attached hydrogen (secondary N) is 1. The van der Waals surface area contributed by atoms with Crippen molar-refractivity contribution in [1.82, 2.24) is 15.4 Å². The molecule has 192 valence electrons. The fourth-order valence-corrected chi connectivity index (χ4v) is 4.25. The number of amides is 1. The number of hydrazone groups is 1. The van der Waals surface area contributed by atoms with E-state index in [0.717, 1.165) is 29.6 Å². The number of nitro groups is 2. The van der Waals surface area contributed by atoms with Gasteiger partial charge in [-0.3, -0.25) is 25.0 Å². The summed E-state index contributed by atoms with van der Waals surface area (Å²) in [5.74, 6) is -0.217. The number of non-ortho nitro benzene ring substituents is 1. The molecule has 0 aliphatic rings. The molecule has 1 N–H and O–H groups in total. The van der Waals surface area contributed by atoms with Gasteiger partial charge >= 0.3 is 5.69 Å². The second-order valence-electron chi connectivity index (χ2n) is 7.32. The molecule has 37 heavy (non-hydrogen) atoms. The van der Waals surface area contributed by atoms with Gasteiger partial charge in [-0.2, -0.15) is 5.10 Å². The van der Waals surface area contributed by atoms with Gasteiger partial charge in [0.15, 0.2) is 16.7 Å². The van der Waals surface area contributed by atoms with Crippen molar-refractivity contribution < 1.29 is 24.1 Å². The lowest BCUT2D eigenvalue weighted by molar-refractivity contribution is -0.394. The third-order valence-corrected chi connectivity index (χ3v) is 5.95. The Balaban J connectivity index is 1.71. The van der Waals surface area contributed by atoms with Gasteiger partial charge in [0.05, 0.1) is 39.5 Å². The molecule has 3 rings (SSSR count). The van der Waals surface area contributed by atoms with Gasteiger partial charge in [0.1, 0.15) is 0 Å². The van der Waals surface area contributed by atoms with E-state index < -0.39 is 21.2 Å². The number of carbonyl (C=O) groups is 1. The zero-order valence-corrected chi connectivity index (χ0v) is 22.0. The normalized spacial score (nSPS) is 10.8. The van der Waals surface area contributed by atoms with Crippen LogP contribution in [0.2, 0.25) is 0 Å². The molecular formula is C22H19BrN6O7S. The van der Waals surface area contributed by atoms with Crippen molar-refractivity contribution in [3.63, 3.8) is 0 Å². The van der Waals surface area contributed by atoms with Crippen LogP contribution in [0.1, 0.15) is 17.0 Å². The van der Waals surface area contributed by atoms with Crippen molar-refractivity contribution in [3.05, 3.63) is 78.1 Å². The van der Waals surface area contributed by atoms with Crippen LogP contribution in [0.4, 0.5) is 11.4 Å². The summed E-state index contributed by atoms with van der Waals surface area (Å²) in [6.07, 6.45) is 1.38. The van der Waals surface area contributed by atoms with E-state index >= 15 is 0 Å². The van der Waals surface area contributed by atoms with Gasteiger partial charge in [0.2, 0.25) is 5.75 Å². The number of aromatic nitrogens is 2. The summed E-state index contributed by atoms with van der Waals surface area (Å²) < 4.78 is 11.4. The van der Waals surface area contributed by atoms with E-state index in [0.29, 0.717) is 15.2 Å². The molecule has 2 aromatic carbocycles. The minimum absolute atomic E-state index is 0.0635. The third-order valence-electron chi connectivity index (χ3n) is 4.51. The lowest BCUT2D eigenvalue weighted by atomic mass is 10.2. The van der Waals surface area contributed by atoms with Gasteiger partial charge in [-0.05, 0) is 59.6 Å². The third kappa shape index (κ3) is 7.44. The Kier molecular flexibility index (Phi) is 9.08. The van der Waals surface area contributed by atoms with Crippen LogP contribution in [0.5, 0.6) is 17.2 Å². The Morgan fingerprint density at radius 3 is 2.43 bits per heavy atom. The lowest BCUT2D eigenvalue weighted by Crippen LogP contribution is -2.19. The average molecular weight is 591 g/mol. The van der Waals surface area contributed by atoms with Crippen LogP contribution in [0.15, 0.2) is 51.1 Å². The number of nitrogens with zero attached hydrogens (tertiary/aromatic N) is 5. The zero-order valence-electron chi connectivity index (χ0n) is 19.6. The molecule has 0 aliphatic carbocycles. The maximum atomic E-state index is 12.1. The molecular weight excluding hydrogens is 572 g/mol. The van der Waals surface area contributed by atoms with E-state index in [4.69, 9.17) is 9.47 Å². The van der Waals surface area contributed by atoms with Crippen LogP contribution in [-0.2, 0) is 4.79 Å². The molecule has 0 bridgehead atoms. The van der Waals surface area contributed by atoms with Crippen LogP contribution in [-0.4, -0.2) is 44.8 Å². The van der Waals surface area contributed by atoms with Crippen molar-refractivity contribution in [2.75, 3.05) is 12.9 Å². The first-order chi connectivity index (χ1) is 17.6. The number of nitro benzene ring substituents is 2. The van der Waals surface area contributed by atoms with Gasteiger partial charge in [0.25, 0.3) is 11.6 Å². The first-order valence-electron chi connectivity index (χ1n) is 10.3. The summed E-state index contributed by atoms with van der Waals surface area (Å²) in [4.78, 5) is 41.5. The predicted octanol–water partition coefficient (Wildman–Crippen LogP) is 4.72. The highest BCUT2D eigenvalue weighted by atomic mass is 79.9. The number of thioether (sulfide) groups is 1. The molecule has 0 fully saturated rings. The van der Waals surface area contributed by atoms with Crippen molar-refractivity contribution in [2.24, 2.45) is 5.10 Å². The van der Waals surface area contributed by atoms with E-state index in [1.807, 2.05) is 19.9 Å². The number of hydrogen-bond donors (Lipinski definition) is 1. The maximum absolute atomic E-state index is 12.1. The molecule has 0 aliphatic heterocycles. The highest BCUT2D eigenvalue weighted by Gasteiger charge is 2.23. The SMILES string of the molecule is COc1cc(/C=N/NC(=O)CSc2nc(C)cc(C)n2)cc(Br)c1Oc1ccc([N+](=O)[O-])cc1[N+](=O)[O-]. The van der Waals surface area contributed by atoms with E-state index in [1.54, 1.807) is 6.07 Å². The van der Waals surface area contributed by atoms with Gasteiger partial charge in [-0.15, -0.1) is 0 Å². The monoisotopic (exact) mass is 590 g/mol. The van der Waals surface area contributed by atoms with Gasteiger partial charge in [-0.25, -0.2) is 15.4 Å². The largest absolute Gasteiger partial charge is 0.493 e. The number of ether oxygens (including phenoxy) is 2. The Bertz CT molecular complexity index is 1380. The highest BCUT2D eigenvalue weighted by Crippen LogP contribution is 2.42. The van der Waals surface area contributed by atoms with E-state index in [9.17, 15) is 25.0 Å². The predicted molar refractivity (Wildman–Crippen MR) is 138 cm³/mol. The minimum atomic E-state index is -0.781. The first-order valence-corrected chi connectivity index (χ1v) is 12.1. The fraction of sp³-hybridized carbons (Fsp3) is 0.182. The number of carbonyl (C=O) groups excluding carboxylic acids is 1. The first kappa shape index (κ1) is 27.5. The Labute approximate surface area is 222 Å². The topological polar surface area (TPSA) is 172 Å². The number of benzene rings is 2. The maximum Gasteiger partial charge on any atom is 0.318 e. The lowest BCUT2D eigenvalue weighted by Gasteiger charge is -2.13. The molecule has 0 radical (unpaired) electrons. The van der Waals surface area contributed by atoms with Gasteiger partial charge in [0, 0.05) is 17.5 Å². The van der Waals surface area contributed by atoms with Crippen molar-refractivity contribution in [1.29, 1.82) is 0 Å². The van der Waals surface area contributed by atoms with E-state index in [2.05, 4.69) is 36.4 Å². The van der Waals surface area contributed by atoms with Crippen molar-refractivity contribution in [3.8, 4) is 17.2 Å². The van der Waals surface area contributed by atoms with E-state index in [1.165, 1.54) is 31.2 Å². The number of rotatable bonds is 10. The Morgan fingerprint density at radius 1 is 1.11 bits per heavy atom. The Morgan fingerprint density at radius 2 is 1.81 bits per heavy atom. The molecule has 0 spiro atoms. The summed E-state index contributed by atoms with van der Waals surface area (Å²) in [5.41, 5.74) is 3.52. The van der Waals surface area contributed by atoms with Crippen LogP contribution in [0.3, 0.4) is 0 Å². The summed E-state index contributed by atoms with van der Waals surface area (Å²) in [6, 6.07) is 7.99. The van der Waals surface area contributed by atoms with Gasteiger partial charge in [-0.1, -0.05) is 11.8 Å². The molecule has 1 aromatic heterocycles. The summed E-state index contributed by atoms with van der Waals surface area (Å²) in [5, 5.41) is 26.8. The average Bonchev–Trinajstić information content (AvgIpc) is 2.83. The Hall–Kier alpha value is -4.11. The molecule has 15 heteroatoms. The second-order valence-corrected chi connectivity index (χ2v) is 9.11. The quantitative estimate of drug-likeness (QED) is 0.114.